The standard InChI is InChI=1S/C18H24N4O/c1-12-6-4-8-15(17(12)23)16-10-13(2)18(21-20-16)19-14-7-5-9-22(3)11-14/h4,6,8,10,14,23H,5,7,9,11H2,1-3H3,(H,19,21)/t14-/m1/s1. The molecule has 0 bridgehead atoms. The van der Waals surface area contributed by atoms with Gasteiger partial charge in [-0.2, -0.15) is 0 Å². The van der Waals surface area contributed by atoms with Crippen LogP contribution in [0.1, 0.15) is 24.0 Å². The van der Waals surface area contributed by atoms with Gasteiger partial charge < -0.3 is 15.3 Å². The molecule has 2 heterocycles. The molecule has 0 saturated carbocycles. The van der Waals surface area contributed by atoms with E-state index >= 15 is 0 Å². The minimum absolute atomic E-state index is 0.274. The van der Waals surface area contributed by atoms with Crippen molar-refractivity contribution in [3.8, 4) is 17.0 Å². The first-order valence-corrected chi connectivity index (χ1v) is 8.13. The summed E-state index contributed by atoms with van der Waals surface area (Å²) in [5.41, 5.74) is 3.32. The van der Waals surface area contributed by atoms with Gasteiger partial charge in [-0.05, 0) is 63.5 Å². The second-order valence-corrected chi connectivity index (χ2v) is 6.48. The SMILES string of the molecule is Cc1cc(-c2cccc(C)c2O)nnc1N[C@@H]1CCCN(C)C1. The van der Waals surface area contributed by atoms with Crippen molar-refractivity contribution in [2.45, 2.75) is 32.7 Å². The maximum Gasteiger partial charge on any atom is 0.151 e. The molecule has 1 saturated heterocycles. The molecule has 1 aromatic carbocycles. The zero-order valence-electron chi connectivity index (χ0n) is 14.0. The molecule has 1 fully saturated rings. The highest BCUT2D eigenvalue weighted by Crippen LogP contribution is 2.31. The maximum atomic E-state index is 10.2. The summed E-state index contributed by atoms with van der Waals surface area (Å²) in [6.45, 7) is 6.10. The van der Waals surface area contributed by atoms with Crippen LogP contribution in [-0.4, -0.2) is 46.4 Å². The molecule has 0 radical (unpaired) electrons. The van der Waals surface area contributed by atoms with Gasteiger partial charge in [0, 0.05) is 18.2 Å². The van der Waals surface area contributed by atoms with E-state index in [1.54, 1.807) is 0 Å². The highest BCUT2D eigenvalue weighted by atomic mass is 16.3. The van der Waals surface area contributed by atoms with Gasteiger partial charge in [0.2, 0.25) is 0 Å². The van der Waals surface area contributed by atoms with Crippen LogP contribution in [0.3, 0.4) is 0 Å². The third kappa shape index (κ3) is 3.45. The van der Waals surface area contributed by atoms with Crippen molar-refractivity contribution >= 4 is 5.82 Å². The average Bonchev–Trinajstić information content (AvgIpc) is 2.52. The minimum Gasteiger partial charge on any atom is -0.507 e. The Bertz CT molecular complexity index is 701. The number of aryl methyl sites for hydroxylation is 2. The fourth-order valence-electron chi connectivity index (χ4n) is 3.10. The number of likely N-dealkylation sites (tertiary alicyclic amines) is 1. The number of piperidine rings is 1. The van der Waals surface area contributed by atoms with E-state index in [0.29, 0.717) is 11.7 Å². The second kappa shape index (κ2) is 6.54. The average molecular weight is 312 g/mol. The summed E-state index contributed by atoms with van der Waals surface area (Å²) in [6, 6.07) is 8.07. The normalized spacial score (nSPS) is 18.8. The highest BCUT2D eigenvalue weighted by Gasteiger charge is 2.18. The number of likely N-dealkylation sites (N-methyl/N-ethyl adjacent to an activating group) is 1. The monoisotopic (exact) mass is 312 g/mol. The van der Waals surface area contributed by atoms with E-state index in [9.17, 15) is 5.11 Å². The Morgan fingerprint density at radius 3 is 2.78 bits per heavy atom. The molecule has 1 aromatic heterocycles. The lowest BCUT2D eigenvalue weighted by molar-refractivity contribution is 0.260. The van der Waals surface area contributed by atoms with Crippen LogP contribution in [0.5, 0.6) is 5.75 Å². The van der Waals surface area contributed by atoms with E-state index in [2.05, 4.69) is 27.5 Å². The molecule has 5 heteroatoms. The Balaban J connectivity index is 1.82. The molecule has 1 atom stereocenters. The molecule has 2 aromatic rings. The highest BCUT2D eigenvalue weighted by molar-refractivity contribution is 5.69. The van der Waals surface area contributed by atoms with E-state index < -0.39 is 0 Å². The molecule has 2 N–H and O–H groups in total. The minimum atomic E-state index is 0.274. The van der Waals surface area contributed by atoms with Gasteiger partial charge in [0.15, 0.2) is 5.82 Å². The lowest BCUT2D eigenvalue weighted by Crippen LogP contribution is -2.40. The number of nitrogens with zero attached hydrogens (tertiary/aromatic N) is 3. The van der Waals surface area contributed by atoms with Crippen molar-refractivity contribution in [2.24, 2.45) is 0 Å². The van der Waals surface area contributed by atoms with Crippen LogP contribution in [0.25, 0.3) is 11.3 Å². The third-order valence-corrected chi connectivity index (χ3v) is 4.46. The molecule has 0 aliphatic carbocycles. The zero-order chi connectivity index (χ0) is 16.4. The van der Waals surface area contributed by atoms with Crippen molar-refractivity contribution in [1.82, 2.24) is 15.1 Å². The summed E-state index contributed by atoms with van der Waals surface area (Å²) in [5, 5.41) is 22.4. The van der Waals surface area contributed by atoms with Crippen molar-refractivity contribution in [3.05, 3.63) is 35.4 Å². The maximum absolute atomic E-state index is 10.2. The van der Waals surface area contributed by atoms with Crippen LogP contribution < -0.4 is 5.32 Å². The molecule has 0 spiro atoms. The van der Waals surface area contributed by atoms with Crippen LogP contribution in [0, 0.1) is 13.8 Å². The summed E-state index contributed by atoms with van der Waals surface area (Å²) >= 11 is 0. The number of aromatic hydroxyl groups is 1. The summed E-state index contributed by atoms with van der Waals surface area (Å²) < 4.78 is 0. The summed E-state index contributed by atoms with van der Waals surface area (Å²) in [5.74, 6) is 1.11. The first kappa shape index (κ1) is 15.7. The Morgan fingerprint density at radius 1 is 1.22 bits per heavy atom. The first-order chi connectivity index (χ1) is 11.0. The lowest BCUT2D eigenvalue weighted by Gasteiger charge is -2.30. The molecule has 122 valence electrons. The van der Waals surface area contributed by atoms with Crippen molar-refractivity contribution in [2.75, 3.05) is 25.5 Å². The number of phenolic OH excluding ortho intramolecular Hbond substituents is 1. The fraction of sp³-hybridized carbons (Fsp3) is 0.444. The number of hydrogen-bond donors (Lipinski definition) is 2. The van der Waals surface area contributed by atoms with E-state index in [-0.39, 0.29) is 5.75 Å². The molecule has 0 unspecified atom stereocenters. The van der Waals surface area contributed by atoms with E-state index in [4.69, 9.17) is 0 Å². The lowest BCUT2D eigenvalue weighted by atomic mass is 10.0. The fourth-order valence-corrected chi connectivity index (χ4v) is 3.10. The number of phenols is 1. The smallest absolute Gasteiger partial charge is 0.151 e. The van der Waals surface area contributed by atoms with Gasteiger partial charge in [0.25, 0.3) is 0 Å². The number of benzene rings is 1. The van der Waals surface area contributed by atoms with Gasteiger partial charge in [0.1, 0.15) is 5.75 Å². The molecule has 5 nitrogen and oxygen atoms in total. The molecule has 23 heavy (non-hydrogen) atoms. The predicted octanol–water partition coefficient (Wildman–Crippen LogP) is 2.97. The summed E-state index contributed by atoms with van der Waals surface area (Å²) in [6.07, 6.45) is 2.36. The van der Waals surface area contributed by atoms with Crippen LogP contribution >= 0.6 is 0 Å². The molecular formula is C18H24N4O. The summed E-state index contributed by atoms with van der Waals surface area (Å²) in [7, 11) is 2.15. The number of anilines is 1. The van der Waals surface area contributed by atoms with Gasteiger partial charge in [0.05, 0.1) is 5.69 Å². The van der Waals surface area contributed by atoms with E-state index in [1.165, 1.54) is 6.42 Å². The number of para-hydroxylation sites is 1. The van der Waals surface area contributed by atoms with Crippen molar-refractivity contribution < 1.29 is 5.11 Å². The number of hydrogen-bond acceptors (Lipinski definition) is 5. The molecule has 1 aliphatic rings. The second-order valence-electron chi connectivity index (χ2n) is 6.48. The third-order valence-electron chi connectivity index (χ3n) is 4.46. The largest absolute Gasteiger partial charge is 0.507 e. The quantitative estimate of drug-likeness (QED) is 0.912. The van der Waals surface area contributed by atoms with Crippen LogP contribution in [-0.2, 0) is 0 Å². The number of rotatable bonds is 3. The van der Waals surface area contributed by atoms with Gasteiger partial charge in [-0.15, -0.1) is 10.2 Å². The van der Waals surface area contributed by atoms with E-state index in [0.717, 1.165) is 42.0 Å². The topological polar surface area (TPSA) is 61.3 Å². The van der Waals surface area contributed by atoms with Crippen molar-refractivity contribution in [3.63, 3.8) is 0 Å². The van der Waals surface area contributed by atoms with Crippen molar-refractivity contribution in [1.29, 1.82) is 0 Å². The molecular weight excluding hydrogens is 288 g/mol. The van der Waals surface area contributed by atoms with Crippen LogP contribution in [0.2, 0.25) is 0 Å². The van der Waals surface area contributed by atoms with Gasteiger partial charge in [-0.3, -0.25) is 0 Å². The Morgan fingerprint density at radius 2 is 2.04 bits per heavy atom. The van der Waals surface area contributed by atoms with Gasteiger partial charge in [-0.25, -0.2) is 0 Å². The predicted molar refractivity (Wildman–Crippen MR) is 92.7 cm³/mol. The van der Waals surface area contributed by atoms with Gasteiger partial charge in [-0.1, -0.05) is 12.1 Å². The molecule has 0 amide bonds. The first-order valence-electron chi connectivity index (χ1n) is 8.13. The molecule has 1 aliphatic heterocycles. The molecule has 3 rings (SSSR count). The van der Waals surface area contributed by atoms with E-state index in [1.807, 2.05) is 38.1 Å². The van der Waals surface area contributed by atoms with Crippen LogP contribution in [0.4, 0.5) is 5.82 Å². The number of nitrogens with one attached hydrogen (secondary N) is 1. The van der Waals surface area contributed by atoms with Crippen LogP contribution in [0.15, 0.2) is 24.3 Å². The van der Waals surface area contributed by atoms with Gasteiger partial charge >= 0.3 is 0 Å². The Hall–Kier alpha value is -2.14. The zero-order valence-corrected chi connectivity index (χ0v) is 14.0. The Kier molecular flexibility index (Phi) is 4.48. The number of aromatic nitrogens is 2. The summed E-state index contributed by atoms with van der Waals surface area (Å²) in [4.78, 5) is 2.34. The Labute approximate surface area is 137 Å².